The first kappa shape index (κ1) is 18.4. The number of alkyl halides is 2. The highest BCUT2D eigenvalue weighted by molar-refractivity contribution is 5.92. The minimum atomic E-state index is -2.66. The average Bonchev–Trinajstić information content (AvgIpc) is 3.08. The molecule has 1 amide bonds. The summed E-state index contributed by atoms with van der Waals surface area (Å²) in [5, 5.41) is 4.03. The van der Waals surface area contributed by atoms with Crippen LogP contribution in [0.3, 0.4) is 0 Å². The lowest BCUT2D eigenvalue weighted by Gasteiger charge is -2.32. The fourth-order valence-electron chi connectivity index (χ4n) is 3.60. The lowest BCUT2D eigenvalue weighted by atomic mass is 9.92. The van der Waals surface area contributed by atoms with Crippen LogP contribution in [0.2, 0.25) is 0 Å². The summed E-state index contributed by atoms with van der Waals surface area (Å²) < 4.78 is 32.3. The van der Waals surface area contributed by atoms with Gasteiger partial charge < -0.3 is 9.42 Å². The molecule has 0 bridgehead atoms. The quantitative estimate of drug-likeness (QED) is 0.683. The molecule has 1 aliphatic heterocycles. The molecule has 1 aliphatic rings. The van der Waals surface area contributed by atoms with Gasteiger partial charge in [-0.05, 0) is 32.8 Å². The monoisotopic (exact) mass is 387 g/mol. The van der Waals surface area contributed by atoms with Gasteiger partial charge in [-0.25, -0.2) is 18.7 Å². The molecule has 146 valence electrons. The maximum absolute atomic E-state index is 13.6. The minimum Gasteiger partial charge on any atom is -0.337 e. The van der Waals surface area contributed by atoms with Crippen LogP contribution in [0.5, 0.6) is 0 Å². The summed E-state index contributed by atoms with van der Waals surface area (Å²) in [5.41, 5.74) is 1.86. The third-order valence-corrected chi connectivity index (χ3v) is 5.03. The van der Waals surface area contributed by atoms with E-state index in [4.69, 9.17) is 4.52 Å². The van der Waals surface area contributed by atoms with Crippen molar-refractivity contribution in [3.8, 4) is 0 Å². The number of amides is 1. The van der Waals surface area contributed by atoms with Crippen molar-refractivity contribution >= 4 is 17.0 Å². The molecule has 0 radical (unpaired) electrons. The third kappa shape index (κ3) is 3.32. The van der Waals surface area contributed by atoms with Gasteiger partial charge in [0.1, 0.15) is 5.69 Å². The van der Waals surface area contributed by atoms with Crippen molar-refractivity contribution in [2.24, 2.45) is 0 Å². The number of piperidine rings is 1. The molecule has 1 unspecified atom stereocenters. The number of carbonyl (C=O) groups excluding carboxylic acids is 1. The van der Waals surface area contributed by atoms with Crippen LogP contribution >= 0.6 is 0 Å². The summed E-state index contributed by atoms with van der Waals surface area (Å²) in [7, 11) is 0. The molecule has 28 heavy (non-hydrogen) atoms. The number of halogens is 2. The molecule has 1 atom stereocenters. The second-order valence-electron chi connectivity index (χ2n) is 7.02. The van der Waals surface area contributed by atoms with Crippen molar-refractivity contribution in [3.05, 3.63) is 46.8 Å². The zero-order chi connectivity index (χ0) is 19.8. The summed E-state index contributed by atoms with van der Waals surface area (Å²) in [5.74, 6) is -0.383. The number of pyridine rings is 1. The van der Waals surface area contributed by atoms with Crippen LogP contribution < -0.4 is 0 Å². The van der Waals surface area contributed by atoms with Gasteiger partial charge in [-0.3, -0.25) is 9.78 Å². The number of carbonyl (C=O) groups is 1. The van der Waals surface area contributed by atoms with Crippen LogP contribution in [-0.2, 0) is 0 Å². The summed E-state index contributed by atoms with van der Waals surface area (Å²) in [4.78, 5) is 27.1. The van der Waals surface area contributed by atoms with E-state index in [1.54, 1.807) is 24.9 Å². The van der Waals surface area contributed by atoms with Gasteiger partial charge in [-0.15, -0.1) is 0 Å². The molecule has 4 rings (SSSR count). The van der Waals surface area contributed by atoms with Crippen LogP contribution in [0.15, 0.2) is 23.0 Å². The van der Waals surface area contributed by atoms with Gasteiger partial charge in [0.05, 0.1) is 23.0 Å². The maximum Gasteiger partial charge on any atom is 0.274 e. The average molecular weight is 387 g/mol. The SMILES string of the molecule is Cc1cnc(C(=O)N2CCCC(c3cc(C(F)F)c4c(C)noc4n3)C2)cn1. The predicted octanol–water partition coefficient (Wildman–Crippen LogP) is 3.59. The zero-order valence-electron chi connectivity index (χ0n) is 15.5. The Hall–Kier alpha value is -2.97. The Labute approximate surface area is 159 Å². The molecule has 9 heteroatoms. The van der Waals surface area contributed by atoms with Gasteiger partial charge >= 0.3 is 0 Å². The van der Waals surface area contributed by atoms with Crippen molar-refractivity contribution in [3.63, 3.8) is 0 Å². The Morgan fingerprint density at radius 2 is 2.11 bits per heavy atom. The van der Waals surface area contributed by atoms with Gasteiger partial charge in [0, 0.05) is 36.5 Å². The van der Waals surface area contributed by atoms with Gasteiger partial charge in [0.25, 0.3) is 18.0 Å². The highest BCUT2D eigenvalue weighted by Gasteiger charge is 2.29. The maximum atomic E-state index is 13.6. The molecule has 3 aromatic heterocycles. The Balaban J connectivity index is 1.62. The molecule has 1 saturated heterocycles. The molecule has 3 aromatic rings. The van der Waals surface area contributed by atoms with Gasteiger partial charge in [-0.2, -0.15) is 0 Å². The Kier molecular flexibility index (Phi) is 4.74. The number of likely N-dealkylation sites (tertiary alicyclic amines) is 1. The molecule has 7 nitrogen and oxygen atoms in total. The van der Waals surface area contributed by atoms with Crippen LogP contribution in [0.1, 0.15) is 58.3 Å². The molecule has 1 fully saturated rings. The van der Waals surface area contributed by atoms with Gasteiger partial charge in [-0.1, -0.05) is 5.16 Å². The van der Waals surface area contributed by atoms with Crippen molar-refractivity contribution in [2.45, 2.75) is 39.0 Å². The normalized spacial score (nSPS) is 17.5. The summed E-state index contributed by atoms with van der Waals surface area (Å²) in [6, 6.07) is 1.42. The molecular formula is C19H19F2N5O2. The third-order valence-electron chi connectivity index (χ3n) is 5.03. The van der Waals surface area contributed by atoms with Crippen molar-refractivity contribution in [2.75, 3.05) is 13.1 Å². The van der Waals surface area contributed by atoms with E-state index in [-0.39, 0.29) is 34.2 Å². The fraction of sp³-hybridized carbons (Fsp3) is 0.421. The van der Waals surface area contributed by atoms with Crippen LogP contribution in [0.25, 0.3) is 11.1 Å². The van der Waals surface area contributed by atoms with E-state index in [0.717, 1.165) is 18.5 Å². The molecule has 0 saturated carbocycles. The highest BCUT2D eigenvalue weighted by Crippen LogP contribution is 2.34. The largest absolute Gasteiger partial charge is 0.337 e. The molecule has 0 spiro atoms. The first-order chi connectivity index (χ1) is 13.4. The lowest BCUT2D eigenvalue weighted by Crippen LogP contribution is -2.39. The number of hydrogen-bond donors (Lipinski definition) is 0. The predicted molar refractivity (Wildman–Crippen MR) is 96.1 cm³/mol. The standard InChI is InChI=1S/C19H19F2N5O2/c1-10-7-23-15(8-22-10)19(27)26-5-3-4-12(9-26)14-6-13(17(20)21)16-11(2)25-28-18(16)24-14/h6-8,12,17H,3-5,9H2,1-2H3. The Morgan fingerprint density at radius 1 is 1.29 bits per heavy atom. The Bertz CT molecular complexity index is 1020. The van der Waals surface area contributed by atoms with Gasteiger partial charge in [0.15, 0.2) is 0 Å². The van der Waals surface area contributed by atoms with Crippen LogP contribution in [0.4, 0.5) is 8.78 Å². The first-order valence-corrected chi connectivity index (χ1v) is 9.07. The molecule has 0 aliphatic carbocycles. The second kappa shape index (κ2) is 7.21. The number of aromatic nitrogens is 4. The molecule has 4 heterocycles. The summed E-state index contributed by atoms with van der Waals surface area (Å²) >= 11 is 0. The van der Waals surface area contributed by atoms with Crippen molar-refractivity contribution in [1.82, 2.24) is 25.0 Å². The van der Waals surface area contributed by atoms with E-state index in [1.807, 2.05) is 0 Å². The molecular weight excluding hydrogens is 368 g/mol. The Morgan fingerprint density at radius 3 is 2.82 bits per heavy atom. The van der Waals surface area contributed by atoms with E-state index in [0.29, 0.717) is 24.5 Å². The van der Waals surface area contributed by atoms with E-state index in [1.165, 1.54) is 12.3 Å². The first-order valence-electron chi connectivity index (χ1n) is 9.07. The van der Waals surface area contributed by atoms with Crippen LogP contribution in [0, 0.1) is 13.8 Å². The molecule has 0 aromatic carbocycles. The van der Waals surface area contributed by atoms with Crippen molar-refractivity contribution in [1.29, 1.82) is 0 Å². The fourth-order valence-corrected chi connectivity index (χ4v) is 3.60. The van der Waals surface area contributed by atoms with Crippen LogP contribution in [-0.4, -0.2) is 44.0 Å². The number of fused-ring (bicyclic) bond motifs is 1. The second-order valence-corrected chi connectivity index (χ2v) is 7.02. The lowest BCUT2D eigenvalue weighted by molar-refractivity contribution is 0.0699. The van der Waals surface area contributed by atoms with Crippen molar-refractivity contribution < 1.29 is 18.1 Å². The molecule has 0 N–H and O–H groups in total. The number of hydrogen-bond acceptors (Lipinski definition) is 6. The number of aryl methyl sites for hydroxylation is 2. The number of rotatable bonds is 3. The minimum absolute atomic E-state index is 0.109. The summed E-state index contributed by atoms with van der Waals surface area (Å²) in [6.45, 7) is 4.37. The number of nitrogens with zero attached hydrogens (tertiary/aromatic N) is 5. The van der Waals surface area contributed by atoms with E-state index >= 15 is 0 Å². The van der Waals surface area contributed by atoms with Gasteiger partial charge in [0.2, 0.25) is 0 Å². The summed E-state index contributed by atoms with van der Waals surface area (Å²) in [6.07, 6.45) is 1.83. The van der Waals surface area contributed by atoms with E-state index in [2.05, 4.69) is 20.1 Å². The smallest absolute Gasteiger partial charge is 0.274 e. The topological polar surface area (TPSA) is 85.0 Å². The van der Waals surface area contributed by atoms with E-state index in [9.17, 15) is 13.6 Å². The van der Waals surface area contributed by atoms with E-state index < -0.39 is 6.43 Å². The highest BCUT2D eigenvalue weighted by atomic mass is 19.3. The zero-order valence-corrected chi connectivity index (χ0v) is 15.5.